The van der Waals surface area contributed by atoms with Crippen molar-refractivity contribution in [3.63, 3.8) is 0 Å². The Balaban J connectivity index is 5.88. The molecule has 0 N–H and O–H groups in total. The third kappa shape index (κ3) is 7.23. The first-order valence-corrected chi connectivity index (χ1v) is 14.1. The van der Waals surface area contributed by atoms with Crippen LogP contribution in [0.5, 0.6) is 0 Å². The van der Waals surface area contributed by atoms with E-state index in [1.165, 1.54) is 0 Å². The van der Waals surface area contributed by atoms with E-state index in [0.29, 0.717) is 0 Å². The molecule has 0 saturated carbocycles. The van der Waals surface area contributed by atoms with E-state index in [0.717, 1.165) is 11.5 Å². The molecule has 0 aromatic rings. The van der Waals surface area contributed by atoms with Gasteiger partial charge in [-0.2, -0.15) is 0 Å². The van der Waals surface area contributed by atoms with Crippen LogP contribution in [0.4, 0.5) is 0 Å². The second-order valence-corrected chi connectivity index (χ2v) is 18.7. The molecule has 15 heavy (non-hydrogen) atoms. The molecule has 0 aliphatic rings. The Hall–Kier alpha value is 1.25. The first kappa shape index (κ1) is 16.2. The van der Waals surface area contributed by atoms with E-state index < -0.39 is 22.0 Å². The van der Waals surface area contributed by atoms with Gasteiger partial charge in [-0.15, -0.1) is 0 Å². The minimum Gasteiger partial charge on any atom is -0.223 e. The van der Waals surface area contributed by atoms with Crippen LogP contribution < -0.4 is 0 Å². The molecule has 0 saturated heterocycles. The lowest BCUT2D eigenvalue weighted by Crippen LogP contribution is -2.05. The minimum atomic E-state index is -1.53. The molecule has 0 aliphatic carbocycles. The summed E-state index contributed by atoms with van der Waals surface area (Å²) in [4.78, 5) is 0. The van der Waals surface area contributed by atoms with E-state index in [2.05, 4.69) is 40.5 Å². The Morgan fingerprint density at radius 2 is 1.13 bits per heavy atom. The SMILES string of the molecule is CCS(CC)(=NP(C)(C)=S)=NP(C)(C)=S. The Morgan fingerprint density at radius 1 is 0.867 bits per heavy atom. The predicted molar refractivity (Wildman–Crippen MR) is 85.6 cm³/mol. The van der Waals surface area contributed by atoms with Crippen molar-refractivity contribution in [1.29, 1.82) is 0 Å². The van der Waals surface area contributed by atoms with Gasteiger partial charge >= 0.3 is 0 Å². The van der Waals surface area contributed by atoms with E-state index in [1.807, 2.05) is 0 Å². The third-order valence-electron chi connectivity index (χ3n) is 1.62. The smallest absolute Gasteiger partial charge is 0.0605 e. The van der Waals surface area contributed by atoms with E-state index >= 15 is 0 Å². The summed E-state index contributed by atoms with van der Waals surface area (Å²) in [6.45, 7) is 12.6. The van der Waals surface area contributed by atoms with Crippen molar-refractivity contribution in [2.75, 3.05) is 38.2 Å². The number of rotatable bonds is 4. The Morgan fingerprint density at radius 3 is 1.27 bits per heavy atom. The van der Waals surface area contributed by atoms with Crippen molar-refractivity contribution in [2.24, 2.45) is 8.27 Å². The maximum absolute atomic E-state index is 5.44. The average molecular weight is 304 g/mol. The summed E-state index contributed by atoms with van der Waals surface area (Å²) in [6, 6.07) is 0. The zero-order valence-corrected chi connectivity index (χ0v) is 14.7. The van der Waals surface area contributed by atoms with Gasteiger partial charge in [-0.1, -0.05) is 47.1 Å². The van der Waals surface area contributed by atoms with Crippen LogP contribution in [0.2, 0.25) is 0 Å². The van der Waals surface area contributed by atoms with Crippen LogP contribution in [0.25, 0.3) is 0 Å². The highest BCUT2D eigenvalue weighted by Gasteiger charge is 2.10. The topological polar surface area (TPSA) is 24.7 Å². The fraction of sp³-hybridized carbons (Fsp3) is 1.00. The molecule has 7 heteroatoms. The maximum atomic E-state index is 5.44. The molecule has 0 spiro atoms. The Bertz CT molecular complexity index is 377. The Labute approximate surface area is 106 Å². The molecule has 0 aliphatic heterocycles. The highest BCUT2D eigenvalue weighted by molar-refractivity contribution is 8.19. The van der Waals surface area contributed by atoms with E-state index in [-0.39, 0.29) is 0 Å². The van der Waals surface area contributed by atoms with Crippen molar-refractivity contribution in [1.82, 2.24) is 0 Å². The summed E-state index contributed by atoms with van der Waals surface area (Å²) in [5.41, 5.74) is 0. The first-order chi connectivity index (χ1) is 6.54. The molecular formula is C8H22N2P2S3. The lowest BCUT2D eigenvalue weighted by atomic mass is 11.0. The molecule has 0 heterocycles. The Kier molecular flexibility index (Phi) is 6.21. The van der Waals surface area contributed by atoms with Gasteiger partial charge in [0, 0.05) is 11.5 Å². The van der Waals surface area contributed by atoms with Gasteiger partial charge in [-0.25, -0.2) is 8.27 Å². The molecule has 0 aromatic heterocycles. The van der Waals surface area contributed by atoms with Crippen molar-refractivity contribution >= 4 is 45.6 Å². The molecule has 0 atom stereocenters. The third-order valence-corrected chi connectivity index (χ3v) is 10.2. The largest absolute Gasteiger partial charge is 0.223 e. The fourth-order valence-electron chi connectivity index (χ4n) is 1.18. The molecule has 0 radical (unpaired) electrons. The van der Waals surface area contributed by atoms with E-state index in [1.54, 1.807) is 0 Å². The number of hydrogen-bond acceptors (Lipinski definition) is 2. The fourth-order valence-corrected chi connectivity index (χ4v) is 12.0. The van der Waals surface area contributed by atoms with Crippen molar-refractivity contribution in [3.05, 3.63) is 0 Å². The van der Waals surface area contributed by atoms with E-state index in [4.69, 9.17) is 31.9 Å². The molecule has 0 fully saturated rings. The molecule has 0 unspecified atom stereocenters. The monoisotopic (exact) mass is 304 g/mol. The molecule has 92 valence electrons. The second kappa shape index (κ2) is 5.73. The summed E-state index contributed by atoms with van der Waals surface area (Å²) < 4.78 is 9.73. The van der Waals surface area contributed by atoms with Gasteiger partial charge in [0.25, 0.3) is 0 Å². The quantitative estimate of drug-likeness (QED) is 0.737. The van der Waals surface area contributed by atoms with Gasteiger partial charge < -0.3 is 0 Å². The molecule has 0 rings (SSSR count). The summed E-state index contributed by atoms with van der Waals surface area (Å²) in [5, 5.41) is 0. The van der Waals surface area contributed by atoms with Crippen LogP contribution in [0, 0.1) is 0 Å². The second-order valence-electron chi connectivity index (χ2n) is 4.13. The summed E-state index contributed by atoms with van der Waals surface area (Å²) in [6.07, 6.45) is -3.07. The predicted octanol–water partition coefficient (Wildman–Crippen LogP) is 3.86. The van der Waals surface area contributed by atoms with Gasteiger partial charge in [-0.05, 0) is 26.7 Å². The summed E-state index contributed by atoms with van der Waals surface area (Å²) >= 11 is 10.9. The lowest BCUT2D eigenvalue weighted by Gasteiger charge is -2.18. The van der Waals surface area contributed by atoms with Crippen molar-refractivity contribution in [2.45, 2.75) is 13.8 Å². The van der Waals surface area contributed by atoms with Gasteiger partial charge in [0.05, 0.1) is 12.4 Å². The van der Waals surface area contributed by atoms with Gasteiger partial charge in [0.1, 0.15) is 0 Å². The molecule has 2 nitrogen and oxygen atoms in total. The number of hydrogen-bond donors (Lipinski definition) is 0. The van der Waals surface area contributed by atoms with Crippen molar-refractivity contribution in [3.8, 4) is 0 Å². The average Bonchev–Trinajstić information content (AvgIpc) is 1.98. The highest BCUT2D eigenvalue weighted by Crippen LogP contribution is 2.45. The standard InChI is InChI=1S/C8H22N2P2S3/c1-7-15(8-2,9-11(3,4)13)10-12(5,6)14/h7-8H2,1-6H3. The van der Waals surface area contributed by atoms with Crippen LogP contribution in [0.1, 0.15) is 13.8 Å². The van der Waals surface area contributed by atoms with E-state index in [9.17, 15) is 0 Å². The zero-order valence-electron chi connectivity index (χ0n) is 10.4. The molecule has 0 aromatic carbocycles. The first-order valence-electron chi connectivity index (χ1n) is 4.91. The van der Waals surface area contributed by atoms with Gasteiger partial charge in [0.15, 0.2) is 0 Å². The normalized spacial score (nSPS) is 13.7. The molecule has 0 amide bonds. The maximum Gasteiger partial charge on any atom is 0.0605 e. The lowest BCUT2D eigenvalue weighted by molar-refractivity contribution is 1.41. The van der Waals surface area contributed by atoms with Crippen molar-refractivity contribution < 1.29 is 0 Å². The van der Waals surface area contributed by atoms with Gasteiger partial charge in [-0.3, -0.25) is 0 Å². The van der Waals surface area contributed by atoms with Crippen LogP contribution >= 0.6 is 12.4 Å². The summed E-state index contributed by atoms with van der Waals surface area (Å²) in [7, 11) is -1.25. The molecular weight excluding hydrogens is 282 g/mol. The molecule has 0 bridgehead atoms. The van der Waals surface area contributed by atoms with Crippen LogP contribution in [-0.4, -0.2) is 38.2 Å². The number of nitrogens with zero attached hydrogens (tertiary/aromatic N) is 2. The zero-order chi connectivity index (χ0) is 12.3. The van der Waals surface area contributed by atoms with Crippen LogP contribution in [0.15, 0.2) is 8.27 Å². The van der Waals surface area contributed by atoms with Gasteiger partial charge in [0.2, 0.25) is 0 Å². The van der Waals surface area contributed by atoms with Crippen LogP contribution in [-0.2, 0) is 33.2 Å². The van der Waals surface area contributed by atoms with Crippen LogP contribution in [0.3, 0.4) is 0 Å². The summed E-state index contributed by atoms with van der Waals surface area (Å²) in [5.74, 6) is 1.98. The minimum absolute atomic E-state index is 0.990. The highest BCUT2D eigenvalue weighted by atomic mass is 32.5.